The van der Waals surface area contributed by atoms with Crippen LogP contribution in [0.1, 0.15) is 12.8 Å². The Morgan fingerprint density at radius 1 is 0.882 bits per heavy atom. The lowest BCUT2D eigenvalue weighted by molar-refractivity contribution is -0.104. The number of thioether (sulfide) groups is 2. The Labute approximate surface area is 111 Å². The summed E-state index contributed by atoms with van der Waals surface area (Å²) >= 11 is 4.13. The summed E-state index contributed by atoms with van der Waals surface area (Å²) in [5.74, 6) is 3.06. The number of hydrogen-bond acceptors (Lipinski definition) is 5. The van der Waals surface area contributed by atoms with Gasteiger partial charge in [0.25, 0.3) is 0 Å². The van der Waals surface area contributed by atoms with Crippen LogP contribution in [0.5, 0.6) is 0 Å². The molecule has 0 aromatic heterocycles. The molecule has 0 amide bonds. The van der Waals surface area contributed by atoms with E-state index in [-0.39, 0.29) is 0 Å². The van der Waals surface area contributed by atoms with Crippen molar-refractivity contribution in [3.05, 3.63) is 0 Å². The highest BCUT2D eigenvalue weighted by molar-refractivity contribution is 8.17. The first-order chi connectivity index (χ1) is 8.43. The Balaban J connectivity index is 1.46. The molecule has 3 rings (SSSR count). The van der Waals surface area contributed by atoms with Crippen LogP contribution in [-0.2, 0) is 14.2 Å². The zero-order valence-electron chi connectivity index (χ0n) is 10.0. The summed E-state index contributed by atoms with van der Waals surface area (Å²) in [5.41, 5.74) is 0. The summed E-state index contributed by atoms with van der Waals surface area (Å²) in [4.78, 5) is 0. The molecule has 0 aromatic rings. The van der Waals surface area contributed by atoms with Crippen molar-refractivity contribution in [3.8, 4) is 0 Å². The smallest absolute Gasteiger partial charge is 0.0853 e. The van der Waals surface area contributed by atoms with Gasteiger partial charge in [-0.1, -0.05) is 0 Å². The second kappa shape index (κ2) is 6.15. The summed E-state index contributed by atoms with van der Waals surface area (Å²) in [5, 5.41) is 0. The second-order valence-corrected chi connectivity index (χ2v) is 7.48. The first-order valence-corrected chi connectivity index (χ1v) is 8.57. The van der Waals surface area contributed by atoms with Crippen LogP contribution in [0.15, 0.2) is 0 Å². The van der Waals surface area contributed by atoms with Crippen molar-refractivity contribution < 1.29 is 14.2 Å². The van der Waals surface area contributed by atoms with Crippen molar-refractivity contribution in [3.63, 3.8) is 0 Å². The molecule has 0 bridgehead atoms. The largest absolute Gasteiger partial charge is 0.376 e. The quantitative estimate of drug-likeness (QED) is 0.769. The van der Waals surface area contributed by atoms with Gasteiger partial charge in [0.2, 0.25) is 0 Å². The molecular weight excluding hydrogens is 256 g/mol. The molecule has 3 fully saturated rings. The van der Waals surface area contributed by atoms with Gasteiger partial charge in [0, 0.05) is 24.0 Å². The molecule has 3 aliphatic rings. The first kappa shape index (κ1) is 12.6. The Morgan fingerprint density at radius 2 is 1.71 bits per heavy atom. The maximum atomic E-state index is 5.80. The molecule has 0 radical (unpaired) electrons. The molecule has 17 heavy (non-hydrogen) atoms. The Morgan fingerprint density at radius 3 is 2.35 bits per heavy atom. The second-order valence-electron chi connectivity index (χ2n) is 4.83. The predicted molar refractivity (Wildman–Crippen MR) is 71.7 cm³/mol. The average molecular weight is 276 g/mol. The van der Waals surface area contributed by atoms with Crippen LogP contribution >= 0.6 is 23.5 Å². The Kier molecular flexibility index (Phi) is 4.56. The highest BCUT2D eigenvalue weighted by Gasteiger charge is 2.35. The van der Waals surface area contributed by atoms with Crippen molar-refractivity contribution in [1.82, 2.24) is 0 Å². The van der Waals surface area contributed by atoms with Gasteiger partial charge in [0.1, 0.15) is 0 Å². The Bertz CT molecular complexity index is 232. The lowest BCUT2D eigenvalue weighted by atomic mass is 10.1. The average Bonchev–Trinajstić information content (AvgIpc) is 2.94. The van der Waals surface area contributed by atoms with Crippen LogP contribution < -0.4 is 0 Å². The third-order valence-corrected chi connectivity index (χ3v) is 6.91. The summed E-state index contributed by atoms with van der Waals surface area (Å²) in [6.07, 6.45) is 3.31. The van der Waals surface area contributed by atoms with E-state index in [1.54, 1.807) is 0 Å². The summed E-state index contributed by atoms with van der Waals surface area (Å²) in [6.45, 7) is 3.29. The van der Waals surface area contributed by atoms with Crippen molar-refractivity contribution in [2.75, 3.05) is 37.9 Å². The van der Waals surface area contributed by atoms with Gasteiger partial charge in [-0.05, 0) is 12.8 Å². The molecule has 3 aliphatic heterocycles. The molecule has 5 heteroatoms. The molecule has 98 valence electrons. The summed E-state index contributed by atoms with van der Waals surface area (Å²) < 4.78 is 17.7. The third-order valence-electron chi connectivity index (χ3n) is 3.59. The molecule has 2 unspecified atom stereocenters. The maximum absolute atomic E-state index is 5.80. The fourth-order valence-electron chi connectivity index (χ4n) is 2.56. The van der Waals surface area contributed by atoms with Gasteiger partial charge in [-0.15, -0.1) is 23.5 Å². The standard InChI is InChI=1S/C12H20O3S2/c1-2-10(14-3-1)12-16-7-9(8-17-12)11-6-13-4-5-15-11/h9-12H,1-8H2. The number of hydrogen-bond donors (Lipinski definition) is 0. The fourth-order valence-corrected chi connectivity index (χ4v) is 5.96. The zero-order valence-corrected chi connectivity index (χ0v) is 11.6. The van der Waals surface area contributed by atoms with Crippen molar-refractivity contribution in [2.45, 2.75) is 29.6 Å². The normalized spacial score (nSPS) is 43.8. The minimum Gasteiger partial charge on any atom is -0.376 e. The molecule has 3 heterocycles. The van der Waals surface area contributed by atoms with Gasteiger partial charge < -0.3 is 14.2 Å². The van der Waals surface area contributed by atoms with Crippen LogP contribution in [0, 0.1) is 5.92 Å². The van der Waals surface area contributed by atoms with Crippen LogP contribution in [0.4, 0.5) is 0 Å². The van der Waals surface area contributed by atoms with Gasteiger partial charge in [0.05, 0.1) is 36.6 Å². The third kappa shape index (κ3) is 3.13. The SMILES string of the molecule is C1COC(C2SCC(C3COCCO3)CS2)C1. The van der Waals surface area contributed by atoms with Crippen LogP contribution in [0.25, 0.3) is 0 Å². The van der Waals surface area contributed by atoms with E-state index >= 15 is 0 Å². The van der Waals surface area contributed by atoms with Crippen molar-refractivity contribution in [2.24, 2.45) is 5.92 Å². The first-order valence-electron chi connectivity index (χ1n) is 6.47. The highest BCUT2D eigenvalue weighted by atomic mass is 32.2. The predicted octanol–water partition coefficient (Wildman–Crippen LogP) is 2.00. The van der Waals surface area contributed by atoms with E-state index in [1.165, 1.54) is 24.3 Å². The molecule has 3 nitrogen and oxygen atoms in total. The van der Waals surface area contributed by atoms with Crippen LogP contribution in [0.2, 0.25) is 0 Å². The van der Waals surface area contributed by atoms with E-state index in [1.807, 2.05) is 0 Å². The van der Waals surface area contributed by atoms with Gasteiger partial charge in [0.15, 0.2) is 0 Å². The molecule has 0 spiro atoms. The van der Waals surface area contributed by atoms with Gasteiger partial charge in [-0.25, -0.2) is 0 Å². The minimum absolute atomic E-state index is 0.328. The van der Waals surface area contributed by atoms with E-state index < -0.39 is 0 Å². The molecular formula is C12H20O3S2. The number of rotatable bonds is 2. The molecule has 0 saturated carbocycles. The van der Waals surface area contributed by atoms with Gasteiger partial charge >= 0.3 is 0 Å². The van der Waals surface area contributed by atoms with E-state index in [4.69, 9.17) is 14.2 Å². The molecule has 0 N–H and O–H groups in total. The monoisotopic (exact) mass is 276 g/mol. The zero-order chi connectivity index (χ0) is 11.5. The molecule has 3 saturated heterocycles. The number of ether oxygens (including phenoxy) is 3. The van der Waals surface area contributed by atoms with Crippen LogP contribution in [0.3, 0.4) is 0 Å². The van der Waals surface area contributed by atoms with E-state index in [9.17, 15) is 0 Å². The van der Waals surface area contributed by atoms with Crippen molar-refractivity contribution in [1.29, 1.82) is 0 Å². The van der Waals surface area contributed by atoms with E-state index in [2.05, 4.69) is 23.5 Å². The van der Waals surface area contributed by atoms with Crippen LogP contribution in [-0.4, -0.2) is 54.7 Å². The lowest BCUT2D eigenvalue weighted by Crippen LogP contribution is -2.40. The Hall–Kier alpha value is 0.580. The highest BCUT2D eigenvalue weighted by Crippen LogP contribution is 2.41. The van der Waals surface area contributed by atoms with Gasteiger partial charge in [-0.3, -0.25) is 0 Å². The van der Waals surface area contributed by atoms with Gasteiger partial charge in [-0.2, -0.15) is 0 Å². The molecule has 0 aliphatic carbocycles. The summed E-state index contributed by atoms with van der Waals surface area (Å²) in [7, 11) is 0. The maximum Gasteiger partial charge on any atom is 0.0853 e. The topological polar surface area (TPSA) is 27.7 Å². The molecule has 0 aromatic carbocycles. The molecule has 2 atom stereocenters. The lowest BCUT2D eigenvalue weighted by Gasteiger charge is -2.36. The minimum atomic E-state index is 0.328. The van der Waals surface area contributed by atoms with Crippen molar-refractivity contribution >= 4 is 23.5 Å². The summed E-state index contributed by atoms with van der Waals surface area (Å²) in [6, 6.07) is 0. The van der Waals surface area contributed by atoms with E-state index in [0.717, 1.165) is 26.4 Å². The fraction of sp³-hybridized carbons (Fsp3) is 1.00. The van der Waals surface area contributed by atoms with E-state index in [0.29, 0.717) is 22.7 Å².